The normalized spacial score (nSPS) is 24.6. The first-order chi connectivity index (χ1) is 8.92. The number of rotatable bonds is 4. The van der Waals surface area contributed by atoms with Gasteiger partial charge in [0.05, 0.1) is 18.9 Å². The molecule has 1 aliphatic carbocycles. The Morgan fingerprint density at radius 2 is 2.28 bits per heavy atom. The maximum Gasteiger partial charge on any atom is 0.148 e. The molecule has 1 unspecified atom stereocenters. The average molecular weight is 248 g/mol. The van der Waals surface area contributed by atoms with Crippen molar-refractivity contribution in [2.45, 2.75) is 31.2 Å². The van der Waals surface area contributed by atoms with E-state index in [1.54, 1.807) is 0 Å². The van der Waals surface area contributed by atoms with Crippen molar-refractivity contribution in [2.24, 2.45) is 0 Å². The number of morpholine rings is 1. The third-order valence-corrected chi connectivity index (χ3v) is 3.74. The van der Waals surface area contributed by atoms with E-state index in [1.165, 1.54) is 19.3 Å². The van der Waals surface area contributed by atoms with Gasteiger partial charge < -0.3 is 15.4 Å². The number of hydrogen-bond acceptors (Lipinski definition) is 5. The van der Waals surface area contributed by atoms with Gasteiger partial charge in [0, 0.05) is 25.0 Å². The van der Waals surface area contributed by atoms with Crippen molar-refractivity contribution >= 4 is 5.82 Å². The fourth-order valence-electron chi connectivity index (χ4n) is 2.34. The lowest BCUT2D eigenvalue weighted by atomic mass is 9.83. The van der Waals surface area contributed by atoms with E-state index in [-0.39, 0.29) is 0 Å². The molecule has 1 aliphatic heterocycles. The minimum Gasteiger partial charge on any atom is -0.378 e. The lowest BCUT2D eigenvalue weighted by Gasteiger charge is -2.25. The van der Waals surface area contributed by atoms with Crippen LogP contribution in [0.3, 0.4) is 0 Å². The Labute approximate surface area is 107 Å². The molecule has 2 N–H and O–H groups in total. The highest BCUT2D eigenvalue weighted by atomic mass is 16.5. The van der Waals surface area contributed by atoms with Crippen LogP contribution in [0, 0.1) is 0 Å². The van der Waals surface area contributed by atoms with E-state index in [4.69, 9.17) is 4.74 Å². The Balaban J connectivity index is 1.49. The van der Waals surface area contributed by atoms with Gasteiger partial charge in [-0.3, -0.25) is 0 Å². The largest absolute Gasteiger partial charge is 0.378 e. The summed E-state index contributed by atoms with van der Waals surface area (Å²) in [5, 5.41) is 15.2. The molecule has 5 nitrogen and oxygen atoms in total. The van der Waals surface area contributed by atoms with Crippen LogP contribution in [0.25, 0.3) is 0 Å². The third kappa shape index (κ3) is 2.79. The van der Waals surface area contributed by atoms with Crippen LogP contribution in [0.1, 0.15) is 30.9 Å². The van der Waals surface area contributed by atoms with Crippen molar-refractivity contribution in [2.75, 3.05) is 31.6 Å². The monoisotopic (exact) mass is 248 g/mol. The van der Waals surface area contributed by atoms with E-state index in [0.717, 1.165) is 37.8 Å². The number of nitrogens with zero attached hydrogens (tertiary/aromatic N) is 2. The number of nitrogens with one attached hydrogen (secondary N) is 2. The molecule has 0 radical (unpaired) electrons. The van der Waals surface area contributed by atoms with Crippen molar-refractivity contribution in [3.63, 3.8) is 0 Å². The summed E-state index contributed by atoms with van der Waals surface area (Å²) in [6, 6.07) is 4.50. The summed E-state index contributed by atoms with van der Waals surface area (Å²) in [5.74, 6) is 1.51. The molecule has 18 heavy (non-hydrogen) atoms. The number of ether oxygens (including phenoxy) is 1. The zero-order chi connectivity index (χ0) is 12.2. The third-order valence-electron chi connectivity index (χ3n) is 3.74. The van der Waals surface area contributed by atoms with Crippen molar-refractivity contribution in [3.8, 4) is 0 Å². The smallest absolute Gasteiger partial charge is 0.148 e. The molecular formula is C13H20N4O. The summed E-state index contributed by atoms with van der Waals surface area (Å²) < 4.78 is 5.40. The molecule has 1 atom stereocenters. The van der Waals surface area contributed by atoms with Gasteiger partial charge >= 0.3 is 0 Å². The van der Waals surface area contributed by atoms with Gasteiger partial charge in [-0.2, -0.15) is 5.10 Å². The molecule has 0 spiro atoms. The Kier molecular flexibility index (Phi) is 3.71. The van der Waals surface area contributed by atoms with Gasteiger partial charge in [0.15, 0.2) is 0 Å². The van der Waals surface area contributed by atoms with E-state index < -0.39 is 0 Å². The molecule has 1 aromatic rings. The summed E-state index contributed by atoms with van der Waals surface area (Å²) in [7, 11) is 0. The molecule has 1 aromatic heterocycles. The second-order valence-corrected chi connectivity index (χ2v) is 5.08. The maximum atomic E-state index is 5.40. The Bertz CT molecular complexity index is 371. The van der Waals surface area contributed by atoms with Gasteiger partial charge in [-0.1, -0.05) is 6.42 Å². The van der Waals surface area contributed by atoms with Crippen LogP contribution in [0.5, 0.6) is 0 Å². The summed E-state index contributed by atoms with van der Waals surface area (Å²) in [4.78, 5) is 0. The molecule has 0 aromatic carbocycles. The van der Waals surface area contributed by atoms with Gasteiger partial charge in [-0.15, -0.1) is 5.10 Å². The highest BCUT2D eigenvalue weighted by molar-refractivity contribution is 5.34. The van der Waals surface area contributed by atoms with Gasteiger partial charge in [-0.05, 0) is 25.0 Å². The second-order valence-electron chi connectivity index (χ2n) is 5.08. The zero-order valence-corrected chi connectivity index (χ0v) is 10.6. The van der Waals surface area contributed by atoms with Crippen LogP contribution in [0.15, 0.2) is 12.1 Å². The van der Waals surface area contributed by atoms with Crippen LogP contribution in [0.4, 0.5) is 5.82 Å². The Morgan fingerprint density at radius 1 is 1.33 bits per heavy atom. The molecule has 1 saturated heterocycles. The van der Waals surface area contributed by atoms with Crippen molar-refractivity contribution in [1.82, 2.24) is 15.5 Å². The maximum absolute atomic E-state index is 5.40. The molecule has 0 amide bonds. The van der Waals surface area contributed by atoms with E-state index in [9.17, 15) is 0 Å². The fraction of sp³-hybridized carbons (Fsp3) is 0.692. The average Bonchev–Trinajstić information content (AvgIpc) is 2.37. The van der Waals surface area contributed by atoms with Crippen molar-refractivity contribution < 1.29 is 4.74 Å². The summed E-state index contributed by atoms with van der Waals surface area (Å²) in [5.41, 5.74) is 1.14. The summed E-state index contributed by atoms with van der Waals surface area (Å²) in [6.45, 7) is 3.34. The molecule has 98 valence electrons. The van der Waals surface area contributed by atoms with Crippen molar-refractivity contribution in [1.29, 1.82) is 0 Å². The lowest BCUT2D eigenvalue weighted by Crippen LogP contribution is -2.45. The van der Waals surface area contributed by atoms with Gasteiger partial charge in [0.25, 0.3) is 0 Å². The van der Waals surface area contributed by atoms with Gasteiger partial charge in [0.1, 0.15) is 5.82 Å². The Morgan fingerprint density at radius 3 is 2.89 bits per heavy atom. The first kappa shape index (κ1) is 11.9. The molecular weight excluding hydrogens is 228 g/mol. The molecule has 1 saturated carbocycles. The van der Waals surface area contributed by atoms with Crippen LogP contribution >= 0.6 is 0 Å². The lowest BCUT2D eigenvalue weighted by molar-refractivity contribution is 0.0806. The standard InChI is InChI=1S/C13H20N4O/c1-2-10(3-1)12-4-5-13(17-16-12)15-8-11-9-18-7-6-14-11/h4-5,10-11,14H,1-3,6-9H2,(H,15,17). The van der Waals surface area contributed by atoms with E-state index in [1.807, 2.05) is 6.07 Å². The van der Waals surface area contributed by atoms with Crippen LogP contribution < -0.4 is 10.6 Å². The first-order valence-electron chi connectivity index (χ1n) is 6.80. The summed E-state index contributed by atoms with van der Waals surface area (Å²) >= 11 is 0. The molecule has 3 rings (SSSR count). The quantitative estimate of drug-likeness (QED) is 0.837. The predicted octanol–water partition coefficient (Wildman–Crippen LogP) is 1.14. The highest BCUT2D eigenvalue weighted by Crippen LogP contribution is 2.34. The minimum absolute atomic E-state index is 0.367. The van der Waals surface area contributed by atoms with Crippen LogP contribution in [0.2, 0.25) is 0 Å². The SMILES string of the molecule is c1cc(C2CCC2)nnc1NCC1COCCN1. The van der Waals surface area contributed by atoms with E-state index in [0.29, 0.717) is 12.0 Å². The second kappa shape index (κ2) is 5.63. The van der Waals surface area contributed by atoms with Crippen LogP contribution in [-0.4, -0.2) is 42.5 Å². The minimum atomic E-state index is 0.367. The molecule has 2 aliphatic rings. The van der Waals surface area contributed by atoms with Gasteiger partial charge in [0.2, 0.25) is 0 Å². The summed E-state index contributed by atoms with van der Waals surface area (Å²) in [6.07, 6.45) is 3.87. The van der Waals surface area contributed by atoms with Crippen LogP contribution in [-0.2, 0) is 4.74 Å². The zero-order valence-electron chi connectivity index (χ0n) is 10.6. The molecule has 5 heteroatoms. The molecule has 2 heterocycles. The van der Waals surface area contributed by atoms with Crippen molar-refractivity contribution in [3.05, 3.63) is 17.8 Å². The predicted molar refractivity (Wildman–Crippen MR) is 69.7 cm³/mol. The first-order valence-corrected chi connectivity index (χ1v) is 6.80. The van der Waals surface area contributed by atoms with Gasteiger partial charge in [-0.25, -0.2) is 0 Å². The topological polar surface area (TPSA) is 59.1 Å². The fourth-order valence-corrected chi connectivity index (χ4v) is 2.34. The highest BCUT2D eigenvalue weighted by Gasteiger charge is 2.21. The van der Waals surface area contributed by atoms with E-state index >= 15 is 0 Å². The molecule has 0 bridgehead atoms. The molecule has 2 fully saturated rings. The number of aromatic nitrogens is 2. The van der Waals surface area contributed by atoms with E-state index in [2.05, 4.69) is 26.9 Å². The number of hydrogen-bond donors (Lipinski definition) is 2. The Hall–Kier alpha value is -1.20. The number of anilines is 1.